The van der Waals surface area contributed by atoms with Crippen LogP contribution in [0.4, 0.5) is 0 Å². The minimum absolute atomic E-state index is 0.164. The van der Waals surface area contributed by atoms with E-state index in [1.807, 2.05) is 0 Å². The second-order valence-electron chi connectivity index (χ2n) is 5.68. The average Bonchev–Trinajstić information content (AvgIpc) is 2.91. The lowest BCUT2D eigenvalue weighted by atomic mass is 10.1. The minimum atomic E-state index is 0.164. The number of rotatable bonds is 6. The predicted octanol–water partition coefficient (Wildman–Crippen LogP) is 5.43. The molecule has 1 atom stereocenters. The zero-order chi connectivity index (χ0) is 15.4. The first-order valence-corrected chi connectivity index (χ1v) is 9.15. The van der Waals surface area contributed by atoms with Gasteiger partial charge >= 0.3 is 0 Å². The molecular weight excluding hydrogens is 344 g/mol. The summed E-state index contributed by atoms with van der Waals surface area (Å²) >= 11 is 5.46. The second kappa shape index (κ2) is 7.52. The first-order chi connectivity index (χ1) is 10.0. The number of hydrogen-bond donors (Lipinski definition) is 1. The molecule has 0 spiro atoms. The molecular formula is C17H23BrN2S. The minimum Gasteiger partial charge on any atom is -0.304 e. The molecule has 114 valence electrons. The molecule has 0 saturated heterocycles. The maximum atomic E-state index is 4.84. The van der Waals surface area contributed by atoms with Gasteiger partial charge in [-0.2, -0.15) is 0 Å². The highest BCUT2D eigenvalue weighted by Gasteiger charge is 2.20. The van der Waals surface area contributed by atoms with Gasteiger partial charge in [-0.25, -0.2) is 4.98 Å². The third-order valence-corrected chi connectivity index (χ3v) is 5.06. The lowest BCUT2D eigenvalue weighted by molar-refractivity contribution is 0.591. The van der Waals surface area contributed by atoms with Gasteiger partial charge in [0.1, 0.15) is 5.01 Å². The molecule has 0 bridgehead atoms. The van der Waals surface area contributed by atoms with Crippen LogP contribution in [0.25, 0.3) is 0 Å². The van der Waals surface area contributed by atoms with Crippen LogP contribution in [0.15, 0.2) is 28.1 Å². The number of aryl methyl sites for hydroxylation is 1. The summed E-state index contributed by atoms with van der Waals surface area (Å²) in [6.45, 7) is 9.67. The van der Waals surface area contributed by atoms with Gasteiger partial charge in [0, 0.05) is 9.85 Å². The van der Waals surface area contributed by atoms with Crippen molar-refractivity contribution in [2.75, 3.05) is 6.54 Å². The summed E-state index contributed by atoms with van der Waals surface area (Å²) in [6.07, 6.45) is 1.11. The lowest BCUT2D eigenvalue weighted by Gasteiger charge is -2.18. The van der Waals surface area contributed by atoms with E-state index >= 15 is 0 Å². The molecule has 0 radical (unpaired) electrons. The molecule has 0 amide bonds. The molecule has 2 nitrogen and oxygen atoms in total. The van der Waals surface area contributed by atoms with E-state index in [1.54, 1.807) is 11.3 Å². The van der Waals surface area contributed by atoms with Crippen LogP contribution in [-0.4, -0.2) is 11.5 Å². The predicted molar refractivity (Wildman–Crippen MR) is 95.2 cm³/mol. The summed E-state index contributed by atoms with van der Waals surface area (Å²) in [5.41, 5.74) is 3.71. The van der Waals surface area contributed by atoms with E-state index in [1.165, 1.54) is 16.8 Å². The molecule has 4 heteroatoms. The van der Waals surface area contributed by atoms with E-state index < -0.39 is 0 Å². The van der Waals surface area contributed by atoms with Gasteiger partial charge in [0.05, 0.1) is 11.7 Å². The van der Waals surface area contributed by atoms with Gasteiger partial charge < -0.3 is 5.32 Å². The van der Waals surface area contributed by atoms with Crippen molar-refractivity contribution in [3.8, 4) is 0 Å². The molecule has 1 aromatic heterocycles. The topological polar surface area (TPSA) is 24.9 Å². The van der Waals surface area contributed by atoms with Crippen molar-refractivity contribution in [3.05, 3.63) is 49.9 Å². The molecule has 1 aromatic carbocycles. The first-order valence-electron chi connectivity index (χ1n) is 7.47. The summed E-state index contributed by atoms with van der Waals surface area (Å²) in [6, 6.07) is 6.70. The molecule has 1 N–H and O–H groups in total. The van der Waals surface area contributed by atoms with Gasteiger partial charge in [-0.3, -0.25) is 0 Å². The highest BCUT2D eigenvalue weighted by Crippen LogP contribution is 2.32. The fourth-order valence-corrected chi connectivity index (χ4v) is 3.98. The maximum Gasteiger partial charge on any atom is 0.114 e. The Kier molecular flexibility index (Phi) is 5.97. The fraction of sp³-hybridized carbons (Fsp3) is 0.471. The quantitative estimate of drug-likeness (QED) is 0.737. The molecule has 0 saturated carbocycles. The fourth-order valence-electron chi connectivity index (χ4n) is 2.18. The van der Waals surface area contributed by atoms with Gasteiger partial charge in [0.15, 0.2) is 0 Å². The normalized spacial score (nSPS) is 12.9. The van der Waals surface area contributed by atoms with Crippen LogP contribution >= 0.6 is 27.3 Å². The van der Waals surface area contributed by atoms with Crippen molar-refractivity contribution in [2.45, 2.75) is 46.1 Å². The molecule has 0 fully saturated rings. The van der Waals surface area contributed by atoms with Crippen molar-refractivity contribution >= 4 is 27.3 Å². The summed E-state index contributed by atoms with van der Waals surface area (Å²) in [7, 11) is 0. The largest absolute Gasteiger partial charge is 0.304 e. The average molecular weight is 367 g/mol. The van der Waals surface area contributed by atoms with E-state index in [9.17, 15) is 0 Å². The number of aromatic nitrogens is 1. The van der Waals surface area contributed by atoms with Crippen molar-refractivity contribution in [2.24, 2.45) is 0 Å². The molecule has 1 heterocycles. The van der Waals surface area contributed by atoms with Crippen molar-refractivity contribution in [1.82, 2.24) is 10.3 Å². The first kappa shape index (κ1) is 16.7. The van der Waals surface area contributed by atoms with Crippen LogP contribution in [0.5, 0.6) is 0 Å². The summed E-state index contributed by atoms with van der Waals surface area (Å²) < 4.78 is 1.15. The Balaban J connectivity index is 2.36. The smallest absolute Gasteiger partial charge is 0.114 e. The second-order valence-corrected chi connectivity index (χ2v) is 7.42. The third kappa shape index (κ3) is 4.15. The number of nitrogens with one attached hydrogen (secondary N) is 1. The lowest BCUT2D eigenvalue weighted by Crippen LogP contribution is -2.23. The number of benzene rings is 1. The number of hydrogen-bond acceptors (Lipinski definition) is 3. The Hall–Kier alpha value is -0.710. The number of nitrogens with zero attached hydrogens (tertiary/aromatic N) is 1. The highest BCUT2D eigenvalue weighted by molar-refractivity contribution is 9.10. The van der Waals surface area contributed by atoms with Crippen LogP contribution < -0.4 is 5.32 Å². The molecule has 0 aliphatic carbocycles. The monoisotopic (exact) mass is 366 g/mol. The zero-order valence-electron chi connectivity index (χ0n) is 13.1. The molecule has 0 aliphatic rings. The standard InChI is InChI=1S/C17H23BrN2S/c1-5-8-19-16(13-7-6-12(4)9-14(13)18)17-20-15(10-21-17)11(2)3/h6-7,9-11,16,19H,5,8H2,1-4H3. The Bertz CT molecular complexity index is 592. The van der Waals surface area contributed by atoms with E-state index in [-0.39, 0.29) is 6.04 Å². The van der Waals surface area contributed by atoms with Gasteiger partial charge in [0.2, 0.25) is 0 Å². The van der Waals surface area contributed by atoms with Crippen LogP contribution in [0, 0.1) is 6.92 Å². The molecule has 0 aliphatic heterocycles. The molecule has 21 heavy (non-hydrogen) atoms. The van der Waals surface area contributed by atoms with E-state index in [2.05, 4.69) is 72.5 Å². The SMILES string of the molecule is CCCNC(c1nc(C(C)C)cs1)c1ccc(C)cc1Br. The third-order valence-electron chi connectivity index (χ3n) is 3.44. The van der Waals surface area contributed by atoms with Crippen molar-refractivity contribution in [3.63, 3.8) is 0 Å². The molecule has 2 rings (SSSR count). The molecule has 1 unspecified atom stereocenters. The summed E-state index contributed by atoms with van der Waals surface area (Å²) in [5, 5.41) is 6.97. The van der Waals surface area contributed by atoms with Crippen molar-refractivity contribution < 1.29 is 0 Å². The van der Waals surface area contributed by atoms with E-state index in [0.29, 0.717) is 5.92 Å². The Morgan fingerprint density at radius 2 is 2.10 bits per heavy atom. The van der Waals surface area contributed by atoms with Crippen LogP contribution in [0.3, 0.4) is 0 Å². The van der Waals surface area contributed by atoms with Crippen LogP contribution in [0.2, 0.25) is 0 Å². The highest BCUT2D eigenvalue weighted by atomic mass is 79.9. The van der Waals surface area contributed by atoms with Gasteiger partial charge in [-0.15, -0.1) is 11.3 Å². The van der Waals surface area contributed by atoms with Gasteiger partial charge in [0.25, 0.3) is 0 Å². The van der Waals surface area contributed by atoms with Crippen molar-refractivity contribution in [1.29, 1.82) is 0 Å². The van der Waals surface area contributed by atoms with Gasteiger partial charge in [-0.1, -0.05) is 48.8 Å². The Morgan fingerprint density at radius 1 is 1.33 bits per heavy atom. The molecule has 2 aromatic rings. The zero-order valence-corrected chi connectivity index (χ0v) is 15.5. The van der Waals surface area contributed by atoms with Crippen LogP contribution in [0.1, 0.15) is 61.0 Å². The van der Waals surface area contributed by atoms with Gasteiger partial charge in [-0.05, 0) is 43.0 Å². The maximum absolute atomic E-state index is 4.84. The number of halogens is 1. The van der Waals surface area contributed by atoms with Crippen LogP contribution in [-0.2, 0) is 0 Å². The summed E-state index contributed by atoms with van der Waals surface area (Å²) in [4.78, 5) is 4.84. The van der Waals surface area contributed by atoms with E-state index in [4.69, 9.17) is 4.98 Å². The Labute approximate surface area is 140 Å². The summed E-state index contributed by atoms with van der Waals surface area (Å²) in [5.74, 6) is 0.475. The Morgan fingerprint density at radius 3 is 2.67 bits per heavy atom. The number of thiazole rings is 1. The van der Waals surface area contributed by atoms with E-state index in [0.717, 1.165) is 22.4 Å².